The normalized spacial score (nSPS) is 20.9. The highest BCUT2D eigenvalue weighted by atomic mass is 15.3. The number of rotatable bonds is 2. The molecule has 14 heavy (non-hydrogen) atoms. The molecule has 1 aromatic rings. The van der Waals surface area contributed by atoms with Gasteiger partial charge in [0.15, 0.2) is 0 Å². The second kappa shape index (κ2) is 3.73. The lowest BCUT2D eigenvalue weighted by Crippen LogP contribution is -2.22. The molecule has 78 valence electrons. The Bertz CT molecular complexity index is 328. The van der Waals surface area contributed by atoms with Crippen molar-refractivity contribution in [3.05, 3.63) is 17.0 Å². The molecule has 0 bridgehead atoms. The van der Waals surface area contributed by atoms with E-state index in [-0.39, 0.29) is 0 Å². The van der Waals surface area contributed by atoms with Crippen molar-refractivity contribution in [3.63, 3.8) is 0 Å². The minimum atomic E-state index is 0.677. The molecule has 3 heteroatoms. The van der Waals surface area contributed by atoms with Crippen molar-refractivity contribution in [3.8, 4) is 0 Å². The number of aromatic nitrogens is 2. The molecule has 1 aliphatic carbocycles. The summed E-state index contributed by atoms with van der Waals surface area (Å²) in [5.41, 5.74) is 9.85. The average molecular weight is 193 g/mol. The van der Waals surface area contributed by atoms with E-state index in [4.69, 9.17) is 5.73 Å². The van der Waals surface area contributed by atoms with Gasteiger partial charge in [0.25, 0.3) is 0 Å². The van der Waals surface area contributed by atoms with Crippen LogP contribution in [0.1, 0.15) is 30.3 Å². The average Bonchev–Trinajstić information content (AvgIpc) is 2.55. The molecule has 2 rings (SSSR count). The van der Waals surface area contributed by atoms with Crippen LogP contribution in [0.25, 0.3) is 0 Å². The highest BCUT2D eigenvalue weighted by Gasteiger charge is 2.22. The van der Waals surface area contributed by atoms with Crippen LogP contribution in [-0.2, 0) is 19.4 Å². The van der Waals surface area contributed by atoms with Crippen LogP contribution in [0.3, 0.4) is 0 Å². The van der Waals surface area contributed by atoms with Gasteiger partial charge < -0.3 is 5.73 Å². The smallest absolute Gasteiger partial charge is 0.0659 e. The van der Waals surface area contributed by atoms with Crippen molar-refractivity contribution in [1.29, 1.82) is 0 Å². The summed E-state index contributed by atoms with van der Waals surface area (Å²) in [6.07, 6.45) is 3.46. The van der Waals surface area contributed by atoms with Crippen LogP contribution in [0, 0.1) is 12.8 Å². The molecule has 2 N–H and O–H groups in total. The van der Waals surface area contributed by atoms with Gasteiger partial charge in [0, 0.05) is 12.2 Å². The van der Waals surface area contributed by atoms with Crippen LogP contribution in [0.2, 0.25) is 0 Å². The summed E-state index contributed by atoms with van der Waals surface area (Å²) in [7, 11) is 0. The highest BCUT2D eigenvalue weighted by molar-refractivity contribution is 5.28. The van der Waals surface area contributed by atoms with Crippen LogP contribution in [0.15, 0.2) is 0 Å². The Kier molecular flexibility index (Phi) is 2.59. The standard InChI is InChI=1S/C11H19N3/c1-3-14-8(2)10-6-9(7-12)4-5-11(10)13-14/h9H,3-7,12H2,1-2H3. The largest absolute Gasteiger partial charge is 0.330 e. The molecular formula is C11H19N3. The number of nitrogens with two attached hydrogens (primary N) is 1. The summed E-state index contributed by atoms with van der Waals surface area (Å²) < 4.78 is 2.11. The molecule has 1 atom stereocenters. The maximum Gasteiger partial charge on any atom is 0.0659 e. The van der Waals surface area contributed by atoms with Crippen molar-refractivity contribution < 1.29 is 0 Å². The maximum absolute atomic E-state index is 5.72. The SMILES string of the molecule is CCn1nc2c(c1C)CC(CN)CC2. The van der Waals surface area contributed by atoms with E-state index in [1.165, 1.54) is 23.4 Å². The van der Waals surface area contributed by atoms with Gasteiger partial charge in [0.2, 0.25) is 0 Å². The molecule has 1 aliphatic rings. The zero-order chi connectivity index (χ0) is 10.1. The van der Waals surface area contributed by atoms with E-state index in [0.717, 1.165) is 25.9 Å². The van der Waals surface area contributed by atoms with E-state index >= 15 is 0 Å². The van der Waals surface area contributed by atoms with Crippen LogP contribution in [0.5, 0.6) is 0 Å². The van der Waals surface area contributed by atoms with Crippen molar-refractivity contribution in [2.75, 3.05) is 6.54 Å². The molecule has 0 saturated heterocycles. The Labute approximate surface area is 85.3 Å². The Morgan fingerprint density at radius 2 is 2.36 bits per heavy atom. The third-order valence-electron chi connectivity index (χ3n) is 3.33. The van der Waals surface area contributed by atoms with Crippen molar-refractivity contribution in [2.45, 2.75) is 39.7 Å². The highest BCUT2D eigenvalue weighted by Crippen LogP contribution is 2.26. The number of nitrogens with zero attached hydrogens (tertiary/aromatic N) is 2. The molecule has 1 unspecified atom stereocenters. The second-order valence-electron chi connectivity index (χ2n) is 4.17. The van der Waals surface area contributed by atoms with Crippen LogP contribution in [0.4, 0.5) is 0 Å². The van der Waals surface area contributed by atoms with Crippen LogP contribution in [-0.4, -0.2) is 16.3 Å². The summed E-state index contributed by atoms with van der Waals surface area (Å²) in [4.78, 5) is 0. The molecule has 0 aromatic carbocycles. The van der Waals surface area contributed by atoms with Gasteiger partial charge in [0.1, 0.15) is 0 Å². The maximum atomic E-state index is 5.72. The quantitative estimate of drug-likeness (QED) is 0.769. The van der Waals surface area contributed by atoms with Gasteiger partial charge in [-0.3, -0.25) is 4.68 Å². The van der Waals surface area contributed by atoms with Gasteiger partial charge in [-0.15, -0.1) is 0 Å². The lowest BCUT2D eigenvalue weighted by Gasteiger charge is -2.19. The minimum Gasteiger partial charge on any atom is -0.330 e. The van der Waals surface area contributed by atoms with Crippen molar-refractivity contribution >= 4 is 0 Å². The van der Waals surface area contributed by atoms with Crippen LogP contribution < -0.4 is 5.73 Å². The summed E-state index contributed by atoms with van der Waals surface area (Å²) in [6, 6.07) is 0. The molecule has 0 spiro atoms. The Balaban J connectivity index is 2.31. The topological polar surface area (TPSA) is 43.8 Å². The lowest BCUT2D eigenvalue weighted by molar-refractivity contribution is 0.465. The van der Waals surface area contributed by atoms with E-state index in [1.54, 1.807) is 0 Å². The predicted molar refractivity (Wildman–Crippen MR) is 57.2 cm³/mol. The lowest BCUT2D eigenvalue weighted by atomic mass is 9.87. The Hall–Kier alpha value is -0.830. The minimum absolute atomic E-state index is 0.677. The first-order chi connectivity index (χ1) is 6.76. The predicted octanol–water partition coefficient (Wildman–Crippen LogP) is 1.28. The number of hydrogen-bond acceptors (Lipinski definition) is 2. The van der Waals surface area contributed by atoms with Crippen LogP contribution >= 0.6 is 0 Å². The Morgan fingerprint density at radius 3 is 3.00 bits per heavy atom. The van der Waals surface area contributed by atoms with Gasteiger partial charge in [-0.1, -0.05) is 0 Å². The van der Waals surface area contributed by atoms with Gasteiger partial charge in [-0.25, -0.2) is 0 Å². The van der Waals surface area contributed by atoms with E-state index < -0.39 is 0 Å². The third kappa shape index (κ3) is 1.46. The molecular weight excluding hydrogens is 174 g/mol. The monoisotopic (exact) mass is 193 g/mol. The Morgan fingerprint density at radius 1 is 1.57 bits per heavy atom. The fourth-order valence-corrected chi connectivity index (χ4v) is 2.35. The van der Waals surface area contributed by atoms with E-state index in [9.17, 15) is 0 Å². The molecule has 0 radical (unpaired) electrons. The van der Waals surface area contributed by atoms with E-state index in [1.807, 2.05) is 0 Å². The van der Waals surface area contributed by atoms with Gasteiger partial charge in [-0.2, -0.15) is 5.10 Å². The molecule has 0 fully saturated rings. The molecule has 3 nitrogen and oxygen atoms in total. The zero-order valence-corrected chi connectivity index (χ0v) is 9.08. The molecule has 1 heterocycles. The molecule has 0 amide bonds. The summed E-state index contributed by atoms with van der Waals surface area (Å²) >= 11 is 0. The summed E-state index contributed by atoms with van der Waals surface area (Å²) in [5.74, 6) is 0.677. The number of fused-ring (bicyclic) bond motifs is 1. The molecule has 0 aliphatic heterocycles. The first-order valence-electron chi connectivity index (χ1n) is 5.51. The first-order valence-corrected chi connectivity index (χ1v) is 5.51. The van der Waals surface area contributed by atoms with Gasteiger partial charge >= 0.3 is 0 Å². The second-order valence-corrected chi connectivity index (χ2v) is 4.17. The van der Waals surface area contributed by atoms with E-state index in [2.05, 4.69) is 23.6 Å². The molecule has 1 aromatic heterocycles. The van der Waals surface area contributed by atoms with Crippen molar-refractivity contribution in [1.82, 2.24) is 9.78 Å². The zero-order valence-electron chi connectivity index (χ0n) is 9.08. The van der Waals surface area contributed by atoms with Crippen molar-refractivity contribution in [2.24, 2.45) is 11.7 Å². The number of hydrogen-bond donors (Lipinski definition) is 1. The fraction of sp³-hybridized carbons (Fsp3) is 0.727. The summed E-state index contributed by atoms with van der Waals surface area (Å²) in [5, 5.41) is 4.61. The summed E-state index contributed by atoms with van der Waals surface area (Å²) in [6.45, 7) is 6.11. The molecule has 0 saturated carbocycles. The van der Waals surface area contributed by atoms with E-state index in [0.29, 0.717) is 5.92 Å². The van der Waals surface area contributed by atoms with Gasteiger partial charge in [0.05, 0.1) is 5.69 Å². The third-order valence-corrected chi connectivity index (χ3v) is 3.33. The first kappa shape index (κ1) is 9.71. The number of aryl methyl sites for hydroxylation is 2. The fourth-order valence-electron chi connectivity index (χ4n) is 2.35. The van der Waals surface area contributed by atoms with Gasteiger partial charge in [-0.05, 0) is 51.1 Å².